The van der Waals surface area contributed by atoms with Gasteiger partial charge in [0.05, 0.1) is 24.3 Å². The highest BCUT2D eigenvalue weighted by Crippen LogP contribution is 2.29. The Hall–Kier alpha value is -3.06. The van der Waals surface area contributed by atoms with Gasteiger partial charge < -0.3 is 20.1 Å². The van der Waals surface area contributed by atoms with Crippen LogP contribution in [0.1, 0.15) is 16.8 Å². The van der Waals surface area contributed by atoms with Gasteiger partial charge in [0.1, 0.15) is 5.75 Å². The number of hydrogen-bond acceptors (Lipinski definition) is 5. The Labute approximate surface area is 160 Å². The fourth-order valence-corrected chi connectivity index (χ4v) is 3.00. The first kappa shape index (κ1) is 18.7. The van der Waals surface area contributed by atoms with Crippen LogP contribution < -0.4 is 10.2 Å². The van der Waals surface area contributed by atoms with Crippen LogP contribution in [0.5, 0.6) is 5.75 Å². The van der Waals surface area contributed by atoms with E-state index < -0.39 is 11.9 Å². The summed E-state index contributed by atoms with van der Waals surface area (Å²) in [5.74, 6) is -1.97. The average molecular weight is 389 g/mol. The summed E-state index contributed by atoms with van der Waals surface area (Å²) in [6, 6.07) is 10.8. The quantitative estimate of drug-likeness (QED) is 0.620. The van der Waals surface area contributed by atoms with Crippen LogP contribution in [0.4, 0.5) is 11.4 Å². The zero-order valence-corrected chi connectivity index (χ0v) is 15.2. The molecule has 7 nitrogen and oxygen atoms in total. The Kier molecular flexibility index (Phi) is 5.32. The van der Waals surface area contributed by atoms with Crippen molar-refractivity contribution in [3.63, 3.8) is 0 Å². The molecule has 27 heavy (non-hydrogen) atoms. The molecule has 2 aromatic carbocycles. The summed E-state index contributed by atoms with van der Waals surface area (Å²) in [5.41, 5.74) is 0.993. The lowest BCUT2D eigenvalue weighted by Gasteiger charge is -2.17. The maximum atomic E-state index is 12.5. The molecule has 1 aliphatic heterocycles. The molecule has 8 heteroatoms. The topological polar surface area (TPSA) is 95.9 Å². The average Bonchev–Trinajstić information content (AvgIpc) is 3.05. The highest BCUT2D eigenvalue weighted by atomic mass is 35.5. The van der Waals surface area contributed by atoms with Crippen molar-refractivity contribution in [1.29, 1.82) is 0 Å². The minimum Gasteiger partial charge on any atom is -0.506 e. The fraction of sp³-hybridized carbons (Fsp3) is 0.211. The van der Waals surface area contributed by atoms with Gasteiger partial charge in [0.15, 0.2) is 0 Å². The van der Waals surface area contributed by atoms with Gasteiger partial charge in [0.2, 0.25) is 11.8 Å². The number of halogens is 1. The molecule has 1 saturated heterocycles. The van der Waals surface area contributed by atoms with Crippen LogP contribution in [-0.4, -0.2) is 36.5 Å². The molecule has 0 saturated carbocycles. The number of phenols is 1. The number of aromatic hydroxyl groups is 1. The number of carbonyl (C=O) groups is 3. The lowest BCUT2D eigenvalue weighted by molar-refractivity contribution is -0.122. The number of methoxy groups -OCH3 is 1. The van der Waals surface area contributed by atoms with Gasteiger partial charge in [0.25, 0.3) is 0 Å². The van der Waals surface area contributed by atoms with E-state index in [-0.39, 0.29) is 41.8 Å². The van der Waals surface area contributed by atoms with E-state index in [0.29, 0.717) is 10.7 Å². The van der Waals surface area contributed by atoms with E-state index in [1.807, 2.05) is 0 Å². The van der Waals surface area contributed by atoms with Crippen molar-refractivity contribution < 1.29 is 24.2 Å². The molecule has 2 aromatic rings. The van der Waals surface area contributed by atoms with Crippen molar-refractivity contribution in [1.82, 2.24) is 0 Å². The monoisotopic (exact) mass is 388 g/mol. The molecular formula is C19H17ClN2O5. The number of nitrogens with one attached hydrogen (secondary N) is 1. The molecule has 2 N–H and O–H groups in total. The molecule has 0 radical (unpaired) electrons. The molecule has 3 rings (SSSR count). The minimum absolute atomic E-state index is 0.0649. The SMILES string of the molecule is COC(=O)c1ccc(NC(=O)C2CC(=O)N(c3ccc(Cl)cc3)C2)c(O)c1. The summed E-state index contributed by atoms with van der Waals surface area (Å²) in [5, 5.41) is 13.2. The summed E-state index contributed by atoms with van der Waals surface area (Å²) in [4.78, 5) is 37.8. The number of rotatable bonds is 4. The second kappa shape index (κ2) is 7.67. The van der Waals surface area contributed by atoms with Crippen molar-refractivity contribution in [2.75, 3.05) is 23.9 Å². The molecular weight excluding hydrogens is 372 g/mol. The number of benzene rings is 2. The van der Waals surface area contributed by atoms with Crippen LogP contribution in [0.25, 0.3) is 0 Å². The van der Waals surface area contributed by atoms with E-state index in [9.17, 15) is 19.5 Å². The highest BCUT2D eigenvalue weighted by molar-refractivity contribution is 6.30. The van der Waals surface area contributed by atoms with Crippen LogP contribution in [0.3, 0.4) is 0 Å². The van der Waals surface area contributed by atoms with Crippen LogP contribution >= 0.6 is 11.6 Å². The van der Waals surface area contributed by atoms with Gasteiger partial charge in [-0.3, -0.25) is 9.59 Å². The maximum absolute atomic E-state index is 12.5. The van der Waals surface area contributed by atoms with Crippen molar-refractivity contribution in [3.8, 4) is 5.75 Å². The third kappa shape index (κ3) is 4.03. The molecule has 0 bridgehead atoms. The summed E-state index contributed by atoms with van der Waals surface area (Å²) in [6.07, 6.45) is 0.0649. The maximum Gasteiger partial charge on any atom is 0.337 e. The van der Waals surface area contributed by atoms with E-state index in [4.69, 9.17) is 11.6 Å². The van der Waals surface area contributed by atoms with Crippen molar-refractivity contribution in [2.24, 2.45) is 5.92 Å². The number of esters is 1. The van der Waals surface area contributed by atoms with Crippen molar-refractivity contribution in [2.45, 2.75) is 6.42 Å². The molecule has 1 fully saturated rings. The van der Waals surface area contributed by atoms with E-state index in [1.54, 1.807) is 24.3 Å². The largest absolute Gasteiger partial charge is 0.506 e. The van der Waals surface area contributed by atoms with E-state index in [2.05, 4.69) is 10.1 Å². The second-order valence-electron chi connectivity index (χ2n) is 6.09. The Morgan fingerprint density at radius 2 is 1.93 bits per heavy atom. The second-order valence-corrected chi connectivity index (χ2v) is 6.53. The molecule has 1 heterocycles. The van der Waals surface area contributed by atoms with Crippen LogP contribution in [-0.2, 0) is 14.3 Å². The lowest BCUT2D eigenvalue weighted by Crippen LogP contribution is -2.28. The molecule has 1 unspecified atom stereocenters. The van der Waals surface area contributed by atoms with Crippen LogP contribution in [0.15, 0.2) is 42.5 Å². The number of anilines is 2. The zero-order chi connectivity index (χ0) is 19.6. The first-order valence-electron chi connectivity index (χ1n) is 8.17. The smallest absolute Gasteiger partial charge is 0.337 e. The molecule has 1 atom stereocenters. The first-order valence-corrected chi connectivity index (χ1v) is 8.55. The van der Waals surface area contributed by atoms with Gasteiger partial charge >= 0.3 is 5.97 Å². The van der Waals surface area contributed by atoms with Gasteiger partial charge in [-0.15, -0.1) is 0 Å². The third-order valence-corrected chi connectivity index (χ3v) is 4.56. The van der Waals surface area contributed by atoms with E-state index in [0.717, 1.165) is 0 Å². The Morgan fingerprint density at radius 3 is 2.56 bits per heavy atom. The Bertz CT molecular complexity index is 897. The minimum atomic E-state index is -0.594. The van der Waals surface area contributed by atoms with Gasteiger partial charge in [-0.05, 0) is 42.5 Å². The van der Waals surface area contributed by atoms with Crippen molar-refractivity contribution >= 4 is 40.8 Å². The number of amides is 2. The normalized spacial score (nSPS) is 16.3. The summed E-state index contributed by atoms with van der Waals surface area (Å²) in [6.45, 7) is 0.229. The van der Waals surface area contributed by atoms with Crippen molar-refractivity contribution in [3.05, 3.63) is 53.1 Å². The molecule has 140 valence electrons. The Balaban J connectivity index is 1.69. The standard InChI is InChI=1S/C19H17ClN2O5/c1-27-19(26)11-2-7-15(16(23)8-11)21-18(25)12-9-17(24)22(10-12)14-5-3-13(20)4-6-14/h2-8,12,23H,9-10H2,1H3,(H,21,25). The third-order valence-electron chi connectivity index (χ3n) is 4.31. The zero-order valence-electron chi connectivity index (χ0n) is 14.4. The van der Waals surface area contributed by atoms with E-state index >= 15 is 0 Å². The predicted molar refractivity (Wildman–Crippen MR) is 100.0 cm³/mol. The highest BCUT2D eigenvalue weighted by Gasteiger charge is 2.35. The first-order chi connectivity index (χ1) is 12.9. The number of carbonyl (C=O) groups excluding carboxylic acids is 3. The Morgan fingerprint density at radius 1 is 1.22 bits per heavy atom. The summed E-state index contributed by atoms with van der Waals surface area (Å²) < 4.78 is 4.58. The summed E-state index contributed by atoms with van der Waals surface area (Å²) >= 11 is 5.86. The van der Waals surface area contributed by atoms with E-state index in [1.165, 1.54) is 30.2 Å². The number of ether oxygens (including phenoxy) is 1. The predicted octanol–water partition coefficient (Wildman–Crippen LogP) is 2.82. The summed E-state index contributed by atoms with van der Waals surface area (Å²) in [7, 11) is 1.23. The lowest BCUT2D eigenvalue weighted by atomic mass is 10.1. The van der Waals surface area contributed by atoms with Gasteiger partial charge in [0, 0.05) is 23.7 Å². The number of hydrogen-bond donors (Lipinski definition) is 2. The van der Waals surface area contributed by atoms with Gasteiger partial charge in [-0.1, -0.05) is 11.6 Å². The molecule has 1 aliphatic rings. The van der Waals surface area contributed by atoms with Crippen LogP contribution in [0.2, 0.25) is 5.02 Å². The number of nitrogens with zero attached hydrogens (tertiary/aromatic N) is 1. The van der Waals surface area contributed by atoms with Gasteiger partial charge in [-0.25, -0.2) is 4.79 Å². The molecule has 2 amide bonds. The van der Waals surface area contributed by atoms with Crippen LogP contribution in [0, 0.1) is 5.92 Å². The fourth-order valence-electron chi connectivity index (χ4n) is 2.87. The molecule has 0 aliphatic carbocycles. The molecule has 0 aromatic heterocycles. The molecule has 0 spiro atoms. The number of phenolic OH excluding ortho intramolecular Hbond substituents is 1. The van der Waals surface area contributed by atoms with Gasteiger partial charge in [-0.2, -0.15) is 0 Å².